The predicted octanol–water partition coefficient (Wildman–Crippen LogP) is 7.43. The fourth-order valence-corrected chi connectivity index (χ4v) is 5.76. The number of halogens is 2. The normalized spacial score (nSPS) is 16.3. The second-order valence-corrected chi connectivity index (χ2v) is 13.1. The molecule has 240 valence electrons. The van der Waals surface area contributed by atoms with Crippen LogP contribution >= 0.6 is 0 Å². The Bertz CT molecular complexity index is 1830. The second kappa shape index (κ2) is 12.4. The van der Waals surface area contributed by atoms with Gasteiger partial charge in [0.2, 0.25) is 5.82 Å². The molecular formula is C35H42F2N4O4. The molecule has 0 aliphatic heterocycles. The Morgan fingerprint density at radius 2 is 1.98 bits per heavy atom. The van der Waals surface area contributed by atoms with Crippen LogP contribution in [0.3, 0.4) is 0 Å². The Morgan fingerprint density at radius 1 is 1.22 bits per heavy atom. The van der Waals surface area contributed by atoms with Crippen LogP contribution in [-0.4, -0.2) is 50.0 Å². The lowest BCUT2D eigenvalue weighted by atomic mass is 9.65. The fourth-order valence-electron chi connectivity index (χ4n) is 5.76. The first-order valence-corrected chi connectivity index (χ1v) is 15.1. The molecule has 1 aliphatic carbocycles. The predicted molar refractivity (Wildman–Crippen MR) is 169 cm³/mol. The van der Waals surface area contributed by atoms with E-state index in [1.165, 1.54) is 12.3 Å². The first-order valence-electron chi connectivity index (χ1n) is 16.6. The highest BCUT2D eigenvalue weighted by Gasteiger charge is 2.42. The Kier molecular flexibility index (Phi) is 7.82. The van der Waals surface area contributed by atoms with Crippen LogP contribution in [0.5, 0.6) is 5.75 Å². The maximum Gasteiger partial charge on any atom is 0.410 e. The maximum absolute atomic E-state index is 15.4. The highest BCUT2D eigenvalue weighted by atomic mass is 19.2. The fraction of sp³-hybridized carbons (Fsp3) is 0.457. The molecule has 0 bridgehead atoms. The van der Waals surface area contributed by atoms with Crippen molar-refractivity contribution in [2.75, 3.05) is 13.6 Å². The van der Waals surface area contributed by atoms with Gasteiger partial charge in [-0.25, -0.2) is 9.18 Å². The molecule has 0 spiro atoms. The molecular weight excluding hydrogens is 578 g/mol. The van der Waals surface area contributed by atoms with E-state index in [0.29, 0.717) is 39.0 Å². The van der Waals surface area contributed by atoms with Crippen molar-refractivity contribution in [3.63, 3.8) is 0 Å². The molecule has 8 nitrogen and oxygen atoms in total. The Morgan fingerprint density at radius 3 is 2.64 bits per heavy atom. The molecule has 2 aromatic heterocycles. The van der Waals surface area contributed by atoms with Gasteiger partial charge in [-0.2, -0.15) is 9.49 Å². The largest absolute Gasteiger partial charge is 0.489 e. The third-order valence-corrected chi connectivity index (χ3v) is 8.64. The third kappa shape index (κ3) is 6.66. The number of pyridine rings is 1. The van der Waals surface area contributed by atoms with Crippen LogP contribution in [0.15, 0.2) is 42.6 Å². The molecule has 4 aromatic rings. The van der Waals surface area contributed by atoms with Crippen LogP contribution in [0.25, 0.3) is 22.0 Å². The van der Waals surface area contributed by atoms with E-state index in [1.807, 2.05) is 13.8 Å². The molecule has 2 aromatic carbocycles. The molecule has 45 heavy (non-hydrogen) atoms. The van der Waals surface area contributed by atoms with Gasteiger partial charge in [0.15, 0.2) is 11.6 Å². The summed E-state index contributed by atoms with van der Waals surface area (Å²) in [5, 5.41) is 16.3. The summed E-state index contributed by atoms with van der Waals surface area (Å²) in [4.78, 5) is 18.0. The van der Waals surface area contributed by atoms with Gasteiger partial charge in [-0.15, -0.1) is 0 Å². The summed E-state index contributed by atoms with van der Waals surface area (Å²) >= 11 is 0. The number of hydrogen-bond donors (Lipinski definition) is 1. The summed E-state index contributed by atoms with van der Waals surface area (Å²) in [5.74, 6) is -2.51. The lowest BCUT2D eigenvalue weighted by Gasteiger charge is -2.42. The smallest absolute Gasteiger partial charge is 0.410 e. The van der Waals surface area contributed by atoms with Crippen LogP contribution in [-0.2, 0) is 24.8 Å². The van der Waals surface area contributed by atoms with Crippen LogP contribution in [0, 0.1) is 24.0 Å². The average Bonchev–Trinajstić information content (AvgIpc) is 3.27. The van der Waals surface area contributed by atoms with Crippen molar-refractivity contribution >= 4 is 17.0 Å². The van der Waals surface area contributed by atoms with Gasteiger partial charge in [-0.1, -0.05) is 19.4 Å². The number of hydrogen-bond acceptors (Lipinski definition) is 6. The van der Waals surface area contributed by atoms with E-state index in [4.69, 9.17) is 13.6 Å². The number of aryl methyl sites for hydroxylation is 1. The summed E-state index contributed by atoms with van der Waals surface area (Å²) in [6, 6.07) is 9.09. The highest BCUT2D eigenvalue weighted by Crippen LogP contribution is 2.50. The van der Waals surface area contributed by atoms with Gasteiger partial charge in [0.1, 0.15) is 11.7 Å². The summed E-state index contributed by atoms with van der Waals surface area (Å²) in [6.45, 7) is 5.76. The van der Waals surface area contributed by atoms with E-state index in [2.05, 4.69) is 10.1 Å². The Labute approximate surface area is 267 Å². The molecule has 10 heteroatoms. The number of aromatic nitrogens is 3. The molecule has 1 amide bonds. The van der Waals surface area contributed by atoms with E-state index in [-0.39, 0.29) is 29.9 Å². The first-order chi connectivity index (χ1) is 22.4. The molecule has 1 aliphatic rings. The topological polar surface area (TPSA) is 89.7 Å². The minimum atomic E-state index is -2.80. The van der Waals surface area contributed by atoms with Crippen molar-refractivity contribution in [2.45, 2.75) is 78.6 Å². The standard InChI is InChI=1S/C35H42F2N4O4/c1-21-24(30(39-41(21)7)32(42)35(5)15-8-16-35)14-18-44-31-25(10-11-27(36)29(31)37)22-9-12-28-26(19-22)23(13-17-38-28)20-40(6)33(43)45-34(2,3)4/h9-13,17,19,32,42H,8,14-16,18,20H2,1-7H3/i6D3. The number of benzene rings is 2. The van der Waals surface area contributed by atoms with Gasteiger partial charge in [-0.3, -0.25) is 9.67 Å². The number of carbonyl (C=O) groups excluding carboxylic acids is 1. The average molecular weight is 624 g/mol. The van der Waals surface area contributed by atoms with E-state index in [0.717, 1.165) is 36.6 Å². The number of nitrogens with zero attached hydrogens (tertiary/aromatic N) is 4. The van der Waals surface area contributed by atoms with E-state index >= 15 is 4.39 Å². The van der Waals surface area contributed by atoms with E-state index < -0.39 is 36.4 Å². The second-order valence-electron chi connectivity index (χ2n) is 13.1. The number of ether oxygens (including phenoxy) is 2. The van der Waals surface area contributed by atoms with Gasteiger partial charge in [0, 0.05) is 59.5 Å². The monoisotopic (exact) mass is 623 g/mol. The minimum absolute atomic E-state index is 0.0137. The highest BCUT2D eigenvalue weighted by molar-refractivity contribution is 5.88. The molecule has 0 radical (unpaired) electrons. The zero-order valence-electron chi connectivity index (χ0n) is 29.6. The summed E-state index contributed by atoms with van der Waals surface area (Å²) in [5.41, 5.74) is 2.78. The van der Waals surface area contributed by atoms with Gasteiger partial charge in [0.25, 0.3) is 0 Å². The van der Waals surface area contributed by atoms with Crippen molar-refractivity contribution in [3.05, 3.63) is 76.7 Å². The zero-order chi connectivity index (χ0) is 35.2. The first kappa shape index (κ1) is 28.4. The Hall–Kier alpha value is -4.05. The van der Waals surface area contributed by atoms with Crippen molar-refractivity contribution in [2.24, 2.45) is 12.5 Å². The van der Waals surface area contributed by atoms with E-state index in [9.17, 15) is 14.3 Å². The van der Waals surface area contributed by atoms with Crippen LogP contribution in [0.1, 0.15) is 79.7 Å². The number of amides is 1. The van der Waals surface area contributed by atoms with E-state index in [1.54, 1.807) is 56.8 Å². The SMILES string of the molecule is [2H]C([2H])([2H])N(Cc1ccnc2ccc(-c3ccc(F)c(F)c3OCCc3c(C(O)C4(C)CCC4)nn(C)c3C)cc12)C(=O)OC(C)(C)C. The molecule has 1 N–H and O–H groups in total. The summed E-state index contributed by atoms with van der Waals surface area (Å²) < 4.78 is 67.0. The number of fused-ring (bicyclic) bond motifs is 1. The van der Waals surface area contributed by atoms with Crippen molar-refractivity contribution < 1.29 is 32.3 Å². The van der Waals surface area contributed by atoms with Crippen LogP contribution in [0.4, 0.5) is 13.6 Å². The zero-order valence-corrected chi connectivity index (χ0v) is 26.6. The van der Waals surface area contributed by atoms with Gasteiger partial charge >= 0.3 is 6.09 Å². The van der Waals surface area contributed by atoms with Crippen LogP contribution in [0.2, 0.25) is 0 Å². The minimum Gasteiger partial charge on any atom is -0.489 e. The third-order valence-electron chi connectivity index (χ3n) is 8.64. The van der Waals surface area contributed by atoms with Gasteiger partial charge in [0.05, 0.1) is 17.8 Å². The van der Waals surface area contributed by atoms with Gasteiger partial charge in [-0.05, 0) is 87.4 Å². The lowest BCUT2D eigenvalue weighted by molar-refractivity contribution is -0.0254. The molecule has 1 unspecified atom stereocenters. The molecule has 1 saturated carbocycles. The number of aliphatic hydroxyl groups is 1. The number of aliphatic hydroxyl groups excluding tert-OH is 1. The number of carbonyl (C=O) groups is 1. The molecule has 5 rings (SSSR count). The van der Waals surface area contributed by atoms with Crippen LogP contribution < -0.4 is 4.74 Å². The summed E-state index contributed by atoms with van der Waals surface area (Å²) in [6.07, 6.45) is 2.91. The number of rotatable bonds is 9. The van der Waals surface area contributed by atoms with Crippen molar-refractivity contribution in [3.8, 4) is 16.9 Å². The molecule has 1 fully saturated rings. The molecule has 2 heterocycles. The molecule has 1 atom stereocenters. The van der Waals surface area contributed by atoms with Gasteiger partial charge < -0.3 is 19.5 Å². The lowest BCUT2D eigenvalue weighted by Crippen LogP contribution is -2.33. The van der Waals surface area contributed by atoms with Crippen molar-refractivity contribution in [1.29, 1.82) is 0 Å². The Balaban J connectivity index is 1.46. The molecule has 0 saturated heterocycles. The van der Waals surface area contributed by atoms with Crippen molar-refractivity contribution in [1.82, 2.24) is 19.7 Å². The maximum atomic E-state index is 15.4. The quantitative estimate of drug-likeness (QED) is 0.209. The summed E-state index contributed by atoms with van der Waals surface area (Å²) in [7, 11) is 1.80.